The summed E-state index contributed by atoms with van der Waals surface area (Å²) in [6.07, 6.45) is 1.61. The molecule has 9 heteroatoms. The number of carbonyl (C=O) groups is 1. The van der Waals surface area contributed by atoms with Crippen molar-refractivity contribution in [2.75, 3.05) is 0 Å². The van der Waals surface area contributed by atoms with Gasteiger partial charge < -0.3 is 14.5 Å². The van der Waals surface area contributed by atoms with Gasteiger partial charge >= 0.3 is 0 Å². The van der Waals surface area contributed by atoms with Crippen molar-refractivity contribution in [1.29, 1.82) is 0 Å². The molecule has 7 nitrogen and oxygen atoms in total. The lowest BCUT2D eigenvalue weighted by molar-refractivity contribution is 0.0928. The molecule has 0 saturated heterocycles. The predicted molar refractivity (Wildman–Crippen MR) is 130 cm³/mol. The van der Waals surface area contributed by atoms with Gasteiger partial charge in [-0.3, -0.25) is 4.79 Å². The smallest absolute Gasteiger partial charge is 0.251 e. The van der Waals surface area contributed by atoms with Crippen LogP contribution in [0.25, 0.3) is 0 Å². The Morgan fingerprint density at radius 3 is 2.56 bits per heavy atom. The number of ether oxygens (including phenoxy) is 1. The van der Waals surface area contributed by atoms with Crippen LogP contribution < -0.4 is 10.0 Å². The van der Waals surface area contributed by atoms with E-state index in [0.717, 1.165) is 21.8 Å². The summed E-state index contributed by atoms with van der Waals surface area (Å²) in [6, 6.07) is 21.1. The van der Waals surface area contributed by atoms with Gasteiger partial charge in [0, 0.05) is 23.5 Å². The van der Waals surface area contributed by atoms with Crippen molar-refractivity contribution >= 4 is 27.3 Å². The normalized spacial score (nSPS) is 11.4. The summed E-state index contributed by atoms with van der Waals surface area (Å²) in [5, 5.41) is 4.73. The maximum atomic E-state index is 12.7. The molecule has 2 heterocycles. The number of hydrogen-bond donors (Lipinski definition) is 2. The predicted octanol–water partition coefficient (Wildman–Crippen LogP) is 4.47. The number of benzene rings is 2. The number of sulfonamides is 1. The van der Waals surface area contributed by atoms with Crippen LogP contribution in [0.2, 0.25) is 0 Å². The van der Waals surface area contributed by atoms with E-state index in [0.29, 0.717) is 19.8 Å². The third kappa shape index (κ3) is 6.64. The Hall–Kier alpha value is -3.24. The zero-order valence-corrected chi connectivity index (χ0v) is 19.9. The number of amides is 1. The zero-order valence-electron chi connectivity index (χ0n) is 18.3. The van der Waals surface area contributed by atoms with Gasteiger partial charge in [0.1, 0.15) is 12.4 Å². The highest BCUT2D eigenvalue weighted by Gasteiger charge is 2.16. The Bertz CT molecular complexity index is 1320. The average Bonchev–Trinajstić information content (AvgIpc) is 3.56. The van der Waals surface area contributed by atoms with Crippen LogP contribution >= 0.6 is 11.3 Å². The topological polar surface area (TPSA) is 97.6 Å². The van der Waals surface area contributed by atoms with Gasteiger partial charge in [0.05, 0.1) is 17.8 Å². The fourth-order valence-electron chi connectivity index (χ4n) is 3.25. The Morgan fingerprint density at radius 2 is 1.76 bits per heavy atom. The van der Waals surface area contributed by atoms with E-state index >= 15 is 0 Å². The van der Waals surface area contributed by atoms with Gasteiger partial charge in [0.15, 0.2) is 0 Å². The van der Waals surface area contributed by atoms with Crippen molar-refractivity contribution in [3.8, 4) is 0 Å². The minimum absolute atomic E-state index is 0.0485. The minimum Gasteiger partial charge on any atom is -0.467 e. The third-order valence-corrected chi connectivity index (χ3v) is 7.24. The molecule has 0 radical (unpaired) electrons. The van der Waals surface area contributed by atoms with Gasteiger partial charge in [-0.15, -0.1) is 11.3 Å². The summed E-state index contributed by atoms with van der Waals surface area (Å²) < 4.78 is 38.7. The van der Waals surface area contributed by atoms with Gasteiger partial charge in [0.25, 0.3) is 5.91 Å². The number of rotatable bonds is 11. The monoisotopic (exact) mass is 496 g/mol. The average molecular weight is 497 g/mol. The van der Waals surface area contributed by atoms with Crippen LogP contribution in [-0.2, 0) is 41.1 Å². The van der Waals surface area contributed by atoms with Crippen LogP contribution in [0.15, 0.2) is 93.8 Å². The highest BCUT2D eigenvalue weighted by Crippen LogP contribution is 2.15. The van der Waals surface area contributed by atoms with Crippen LogP contribution in [0.5, 0.6) is 0 Å². The van der Waals surface area contributed by atoms with Crippen LogP contribution in [-0.4, -0.2) is 14.3 Å². The molecule has 2 aromatic carbocycles. The second kappa shape index (κ2) is 11.3. The first-order chi connectivity index (χ1) is 16.5. The fourth-order valence-corrected chi connectivity index (χ4v) is 5.03. The molecule has 0 aliphatic carbocycles. The summed E-state index contributed by atoms with van der Waals surface area (Å²) in [7, 11) is -3.73. The molecule has 34 heavy (non-hydrogen) atoms. The van der Waals surface area contributed by atoms with Gasteiger partial charge in [-0.25, -0.2) is 13.1 Å². The van der Waals surface area contributed by atoms with E-state index in [2.05, 4.69) is 10.0 Å². The Morgan fingerprint density at radius 1 is 0.912 bits per heavy atom. The molecule has 0 bridgehead atoms. The van der Waals surface area contributed by atoms with Crippen molar-refractivity contribution in [2.45, 2.75) is 31.2 Å². The zero-order chi connectivity index (χ0) is 23.8. The molecule has 4 rings (SSSR count). The van der Waals surface area contributed by atoms with Gasteiger partial charge in [-0.1, -0.05) is 36.4 Å². The molecule has 1 amide bonds. The number of carbonyl (C=O) groups excluding carboxylic acids is 1. The molecule has 0 atom stereocenters. The summed E-state index contributed by atoms with van der Waals surface area (Å²) >= 11 is 1.47. The second-order valence-electron chi connectivity index (χ2n) is 7.51. The first-order valence-corrected chi connectivity index (χ1v) is 12.9. The minimum atomic E-state index is -3.73. The fraction of sp³-hybridized carbons (Fsp3) is 0.160. The summed E-state index contributed by atoms with van der Waals surface area (Å²) in [6.45, 7) is 1.31. The quantitative estimate of drug-likeness (QED) is 0.319. The molecule has 0 aliphatic heterocycles. The first kappa shape index (κ1) is 23.9. The maximum absolute atomic E-state index is 12.7. The molecule has 2 N–H and O–H groups in total. The molecule has 0 unspecified atom stereocenters. The first-order valence-electron chi connectivity index (χ1n) is 10.6. The number of thiophene rings is 1. The molecule has 0 fully saturated rings. The van der Waals surface area contributed by atoms with Crippen molar-refractivity contribution in [3.63, 3.8) is 0 Å². The van der Waals surface area contributed by atoms with Crippen molar-refractivity contribution in [3.05, 3.63) is 112 Å². The van der Waals surface area contributed by atoms with Crippen molar-refractivity contribution < 1.29 is 22.4 Å². The molecule has 0 spiro atoms. The molecule has 2 aromatic heterocycles. The van der Waals surface area contributed by atoms with Crippen molar-refractivity contribution in [2.24, 2.45) is 0 Å². The standard InChI is InChI=1S/C25H24N2O5S2/c28-25(21-7-2-10-24(14-21)34(29,30)27-16-23-9-4-12-33-23)26-15-19-5-1-6-20(13-19)17-31-18-22-8-3-11-32-22/h1-14,27H,15-18H2,(H,26,28). The van der Waals surface area contributed by atoms with Crippen molar-refractivity contribution in [1.82, 2.24) is 10.0 Å². The van der Waals surface area contributed by atoms with E-state index in [1.807, 2.05) is 53.9 Å². The highest BCUT2D eigenvalue weighted by atomic mass is 32.2. The van der Waals surface area contributed by atoms with Gasteiger partial charge in [0.2, 0.25) is 10.0 Å². The SMILES string of the molecule is O=C(NCc1cccc(COCc2ccco2)c1)c1cccc(S(=O)(=O)NCc2cccs2)c1. The maximum Gasteiger partial charge on any atom is 0.251 e. The van der Waals surface area contributed by atoms with E-state index in [1.165, 1.54) is 23.5 Å². The number of hydrogen-bond acceptors (Lipinski definition) is 6. The number of furan rings is 1. The Kier molecular flexibility index (Phi) is 7.91. The molecular formula is C25H24N2O5S2. The van der Waals surface area contributed by atoms with Gasteiger partial charge in [-0.2, -0.15) is 0 Å². The lowest BCUT2D eigenvalue weighted by atomic mass is 10.1. The lowest BCUT2D eigenvalue weighted by Gasteiger charge is -2.10. The summed E-state index contributed by atoms with van der Waals surface area (Å²) in [4.78, 5) is 13.6. The highest BCUT2D eigenvalue weighted by molar-refractivity contribution is 7.89. The number of nitrogens with one attached hydrogen (secondary N) is 2. The summed E-state index contributed by atoms with van der Waals surface area (Å²) in [5.74, 6) is 0.407. The van der Waals surface area contributed by atoms with Crippen LogP contribution in [0.4, 0.5) is 0 Å². The lowest BCUT2D eigenvalue weighted by Crippen LogP contribution is -2.25. The molecular weight excluding hydrogens is 472 g/mol. The summed E-state index contributed by atoms with van der Waals surface area (Å²) in [5.41, 5.74) is 2.16. The molecule has 0 aliphatic rings. The Labute approximate surface area is 202 Å². The second-order valence-corrected chi connectivity index (χ2v) is 10.3. The van der Waals surface area contributed by atoms with Gasteiger partial charge in [-0.05, 0) is 52.9 Å². The van der Waals surface area contributed by atoms with Crippen LogP contribution in [0.3, 0.4) is 0 Å². The largest absolute Gasteiger partial charge is 0.467 e. The van der Waals surface area contributed by atoms with Crippen LogP contribution in [0.1, 0.15) is 32.1 Å². The van der Waals surface area contributed by atoms with E-state index < -0.39 is 10.0 Å². The Balaban J connectivity index is 1.32. The van der Waals surface area contributed by atoms with Crippen LogP contribution in [0, 0.1) is 0 Å². The molecule has 0 saturated carbocycles. The van der Waals surface area contributed by atoms with E-state index in [1.54, 1.807) is 18.4 Å². The van der Waals surface area contributed by atoms with E-state index in [4.69, 9.17) is 9.15 Å². The van der Waals surface area contributed by atoms with E-state index in [-0.39, 0.29) is 22.9 Å². The van der Waals surface area contributed by atoms with E-state index in [9.17, 15) is 13.2 Å². The molecule has 176 valence electrons. The molecule has 4 aromatic rings. The third-order valence-electron chi connectivity index (χ3n) is 4.96.